The topological polar surface area (TPSA) is 84.9 Å². The van der Waals surface area contributed by atoms with E-state index in [0.717, 1.165) is 0 Å². The third-order valence-corrected chi connectivity index (χ3v) is 2.23. The van der Waals surface area contributed by atoms with Crippen molar-refractivity contribution in [3.63, 3.8) is 0 Å². The highest BCUT2D eigenvalue weighted by molar-refractivity contribution is 5.83. The van der Waals surface area contributed by atoms with Gasteiger partial charge in [-0.15, -0.1) is 0 Å². The highest BCUT2D eigenvalue weighted by atomic mass is 16.5. The molecule has 0 heterocycles. The number of aliphatic carboxylic acids is 1. The van der Waals surface area contributed by atoms with E-state index in [1.807, 2.05) is 6.92 Å². The van der Waals surface area contributed by atoms with E-state index in [2.05, 4.69) is 5.32 Å². The van der Waals surface area contributed by atoms with Gasteiger partial charge < -0.3 is 19.9 Å². The second-order valence-electron chi connectivity index (χ2n) is 4.00. The average molecular weight is 247 g/mol. The van der Waals surface area contributed by atoms with E-state index in [0.29, 0.717) is 13.2 Å². The van der Waals surface area contributed by atoms with E-state index in [4.69, 9.17) is 14.6 Å². The number of nitrogens with one attached hydrogen (secondary N) is 1. The summed E-state index contributed by atoms with van der Waals surface area (Å²) in [6, 6.07) is -0.891. The summed E-state index contributed by atoms with van der Waals surface area (Å²) in [7, 11) is 3.05. The van der Waals surface area contributed by atoms with Crippen molar-refractivity contribution in [2.45, 2.75) is 25.8 Å². The summed E-state index contributed by atoms with van der Waals surface area (Å²) in [6.45, 7) is 2.64. The van der Waals surface area contributed by atoms with Crippen molar-refractivity contribution in [2.75, 3.05) is 27.4 Å². The van der Waals surface area contributed by atoms with Gasteiger partial charge in [-0.05, 0) is 5.92 Å². The first-order valence-corrected chi connectivity index (χ1v) is 5.51. The number of carboxylic acid groups (broad SMARTS) is 1. The number of rotatable bonds is 9. The number of carboxylic acids is 1. The van der Waals surface area contributed by atoms with Gasteiger partial charge in [-0.1, -0.05) is 6.92 Å². The minimum absolute atomic E-state index is 0.0665. The fraction of sp³-hybridized carbons (Fsp3) is 0.818. The summed E-state index contributed by atoms with van der Waals surface area (Å²) in [6.07, 6.45) is 0.515. The number of carbonyl (C=O) groups is 2. The van der Waals surface area contributed by atoms with Gasteiger partial charge in [-0.3, -0.25) is 4.79 Å². The zero-order valence-electron chi connectivity index (χ0n) is 10.6. The quantitative estimate of drug-likeness (QED) is 0.610. The Morgan fingerprint density at radius 3 is 2.41 bits per heavy atom. The highest BCUT2D eigenvalue weighted by Crippen LogP contribution is 2.03. The van der Waals surface area contributed by atoms with Crippen LogP contribution in [0.3, 0.4) is 0 Å². The molecule has 0 aromatic carbocycles. The molecule has 0 aromatic heterocycles. The number of methoxy groups -OCH3 is 2. The van der Waals surface area contributed by atoms with Gasteiger partial charge in [0, 0.05) is 40.3 Å². The minimum Gasteiger partial charge on any atom is -0.480 e. The molecule has 6 nitrogen and oxygen atoms in total. The van der Waals surface area contributed by atoms with Crippen molar-refractivity contribution in [1.29, 1.82) is 0 Å². The number of hydrogen-bond donors (Lipinski definition) is 2. The molecule has 0 fully saturated rings. The molecule has 2 unspecified atom stereocenters. The molecule has 0 saturated heterocycles. The molecule has 100 valence electrons. The largest absolute Gasteiger partial charge is 0.480 e. The summed E-state index contributed by atoms with van der Waals surface area (Å²) in [5, 5.41) is 11.4. The molecule has 1 amide bonds. The summed E-state index contributed by atoms with van der Waals surface area (Å²) in [4.78, 5) is 22.4. The maximum Gasteiger partial charge on any atom is 0.326 e. The van der Waals surface area contributed by atoms with E-state index in [9.17, 15) is 9.59 Å². The van der Waals surface area contributed by atoms with Crippen LogP contribution in [0.4, 0.5) is 0 Å². The van der Waals surface area contributed by atoms with Crippen LogP contribution in [0.1, 0.15) is 19.8 Å². The molecule has 6 heteroatoms. The Labute approximate surface area is 101 Å². The van der Waals surface area contributed by atoms with Crippen LogP contribution in [0, 0.1) is 5.92 Å². The SMILES string of the molecule is COCCC(NC(=O)CC(C)COC)C(=O)O. The van der Waals surface area contributed by atoms with Crippen LogP contribution >= 0.6 is 0 Å². The Balaban J connectivity index is 4.07. The van der Waals surface area contributed by atoms with Crippen molar-refractivity contribution in [1.82, 2.24) is 5.32 Å². The lowest BCUT2D eigenvalue weighted by Crippen LogP contribution is -2.42. The summed E-state index contributed by atoms with van der Waals surface area (Å²) in [5.74, 6) is -1.26. The van der Waals surface area contributed by atoms with Gasteiger partial charge in [0.25, 0.3) is 0 Å². The molecule has 0 saturated carbocycles. The van der Waals surface area contributed by atoms with E-state index in [-0.39, 0.29) is 24.7 Å². The molecule has 0 rings (SSSR count). The van der Waals surface area contributed by atoms with Crippen LogP contribution in [-0.4, -0.2) is 50.5 Å². The average Bonchev–Trinajstić information content (AvgIpc) is 2.23. The fourth-order valence-electron chi connectivity index (χ4n) is 1.41. The summed E-state index contributed by atoms with van der Waals surface area (Å²) < 4.78 is 9.69. The van der Waals surface area contributed by atoms with Gasteiger partial charge in [-0.2, -0.15) is 0 Å². The van der Waals surface area contributed by atoms with Crippen LogP contribution in [0.2, 0.25) is 0 Å². The van der Waals surface area contributed by atoms with E-state index in [1.54, 1.807) is 7.11 Å². The molecular formula is C11H21NO5. The molecule has 0 aliphatic heterocycles. The predicted molar refractivity (Wildman–Crippen MR) is 61.7 cm³/mol. The Bertz CT molecular complexity index is 244. The molecule has 0 aliphatic rings. The van der Waals surface area contributed by atoms with Gasteiger partial charge in [0.2, 0.25) is 5.91 Å². The molecule has 2 N–H and O–H groups in total. The third kappa shape index (κ3) is 7.70. The summed E-state index contributed by atoms with van der Waals surface area (Å²) >= 11 is 0. The lowest BCUT2D eigenvalue weighted by molar-refractivity contribution is -0.142. The molecule has 17 heavy (non-hydrogen) atoms. The number of ether oxygens (including phenoxy) is 2. The van der Waals surface area contributed by atoms with Crippen molar-refractivity contribution >= 4 is 11.9 Å². The maximum atomic E-state index is 11.5. The van der Waals surface area contributed by atoms with E-state index < -0.39 is 12.0 Å². The van der Waals surface area contributed by atoms with Crippen LogP contribution in [0.25, 0.3) is 0 Å². The minimum atomic E-state index is -1.05. The molecule has 0 aromatic rings. The van der Waals surface area contributed by atoms with Crippen LogP contribution in [0.5, 0.6) is 0 Å². The van der Waals surface area contributed by atoms with Gasteiger partial charge >= 0.3 is 5.97 Å². The standard InChI is InChI=1S/C11H21NO5/c1-8(7-17-3)6-10(13)12-9(11(14)15)4-5-16-2/h8-9H,4-7H2,1-3H3,(H,12,13)(H,14,15). The van der Waals surface area contributed by atoms with Crippen LogP contribution < -0.4 is 5.32 Å². The monoisotopic (exact) mass is 247 g/mol. The lowest BCUT2D eigenvalue weighted by atomic mass is 10.1. The van der Waals surface area contributed by atoms with Crippen molar-refractivity contribution in [3.05, 3.63) is 0 Å². The maximum absolute atomic E-state index is 11.5. The van der Waals surface area contributed by atoms with Gasteiger partial charge in [0.15, 0.2) is 0 Å². The lowest BCUT2D eigenvalue weighted by Gasteiger charge is -2.15. The first-order chi connectivity index (χ1) is 8.01. The molecular weight excluding hydrogens is 226 g/mol. The third-order valence-electron chi connectivity index (χ3n) is 2.23. The zero-order chi connectivity index (χ0) is 13.3. The first-order valence-electron chi connectivity index (χ1n) is 5.51. The van der Waals surface area contributed by atoms with Crippen LogP contribution in [0.15, 0.2) is 0 Å². The predicted octanol–water partition coefficient (Wildman–Crippen LogP) is 0.265. The Kier molecular flexibility index (Phi) is 8.35. The normalized spacial score (nSPS) is 14.1. The fourth-order valence-corrected chi connectivity index (χ4v) is 1.41. The second-order valence-corrected chi connectivity index (χ2v) is 4.00. The van der Waals surface area contributed by atoms with Crippen molar-refractivity contribution in [2.24, 2.45) is 5.92 Å². The number of amides is 1. The Morgan fingerprint density at radius 2 is 1.94 bits per heavy atom. The van der Waals surface area contributed by atoms with Gasteiger partial charge in [0.1, 0.15) is 6.04 Å². The molecule has 0 aliphatic carbocycles. The first kappa shape index (κ1) is 15.9. The summed E-state index contributed by atoms with van der Waals surface area (Å²) in [5.41, 5.74) is 0. The van der Waals surface area contributed by atoms with E-state index in [1.165, 1.54) is 7.11 Å². The van der Waals surface area contributed by atoms with Gasteiger partial charge in [-0.25, -0.2) is 4.79 Å². The van der Waals surface area contributed by atoms with Crippen molar-refractivity contribution < 1.29 is 24.2 Å². The van der Waals surface area contributed by atoms with Crippen LogP contribution in [-0.2, 0) is 19.1 Å². The van der Waals surface area contributed by atoms with E-state index >= 15 is 0 Å². The molecule has 2 atom stereocenters. The molecule has 0 bridgehead atoms. The molecule has 0 spiro atoms. The smallest absolute Gasteiger partial charge is 0.326 e. The Hall–Kier alpha value is -1.14. The van der Waals surface area contributed by atoms with Gasteiger partial charge in [0.05, 0.1) is 0 Å². The molecule has 0 radical (unpaired) electrons. The zero-order valence-corrected chi connectivity index (χ0v) is 10.6. The highest BCUT2D eigenvalue weighted by Gasteiger charge is 2.20. The van der Waals surface area contributed by atoms with Crippen molar-refractivity contribution in [3.8, 4) is 0 Å². The second kappa shape index (κ2) is 8.95. The number of carbonyl (C=O) groups excluding carboxylic acids is 1. The number of hydrogen-bond acceptors (Lipinski definition) is 4. The Morgan fingerprint density at radius 1 is 1.29 bits per heavy atom.